The number of nitrogens with zero attached hydrogens (tertiary/aromatic N) is 2. The Hall–Kier alpha value is -1.51. The van der Waals surface area contributed by atoms with E-state index in [2.05, 4.69) is 4.98 Å². The van der Waals surface area contributed by atoms with E-state index in [1.54, 1.807) is 17.7 Å². The lowest BCUT2D eigenvalue weighted by molar-refractivity contribution is 0.0976. The highest BCUT2D eigenvalue weighted by atomic mass is 35.5. The van der Waals surface area contributed by atoms with Gasteiger partial charge >= 0.3 is 0 Å². The molecule has 0 saturated heterocycles. The summed E-state index contributed by atoms with van der Waals surface area (Å²) in [5, 5.41) is 0.976. The smallest absolute Gasteiger partial charge is 0.285 e. The highest BCUT2D eigenvalue weighted by Crippen LogP contribution is 2.22. The van der Waals surface area contributed by atoms with Gasteiger partial charge in [-0.2, -0.15) is 0 Å². The van der Waals surface area contributed by atoms with Gasteiger partial charge in [0.05, 0.1) is 5.02 Å². The van der Waals surface area contributed by atoms with Crippen molar-refractivity contribution in [3.05, 3.63) is 41.2 Å². The molecule has 0 radical (unpaired) electrons. The molecule has 1 aromatic heterocycles. The van der Waals surface area contributed by atoms with Gasteiger partial charge in [-0.3, -0.25) is 4.79 Å². The molecular weight excluding hydrogens is 358 g/mol. The summed E-state index contributed by atoms with van der Waals surface area (Å²) in [6.45, 7) is 4.00. The second kappa shape index (κ2) is 6.94. The Morgan fingerprint density at radius 3 is 2.61 bits per heavy atom. The zero-order valence-corrected chi connectivity index (χ0v) is 15.2. The van der Waals surface area contributed by atoms with E-state index in [4.69, 9.17) is 11.6 Å². The summed E-state index contributed by atoms with van der Waals surface area (Å²) in [6, 6.07) is 5.91. The first kappa shape index (κ1) is 17.8. The second-order valence-electron chi connectivity index (χ2n) is 5.05. The van der Waals surface area contributed by atoms with Crippen molar-refractivity contribution < 1.29 is 13.2 Å². The first-order chi connectivity index (χ1) is 10.7. The number of amides is 1. The van der Waals surface area contributed by atoms with Crippen molar-refractivity contribution in [3.63, 3.8) is 0 Å². The maximum absolute atomic E-state index is 12.3. The maximum Gasteiger partial charge on any atom is 0.285 e. The molecule has 1 N–H and O–H groups in total. The molecule has 2 rings (SSSR count). The van der Waals surface area contributed by atoms with Crippen LogP contribution in [0, 0.1) is 0 Å². The molecule has 0 saturated carbocycles. The summed E-state index contributed by atoms with van der Waals surface area (Å²) in [4.78, 5) is 16.2. The van der Waals surface area contributed by atoms with Crippen LogP contribution >= 0.6 is 23.4 Å². The van der Waals surface area contributed by atoms with E-state index >= 15 is 0 Å². The van der Waals surface area contributed by atoms with Gasteiger partial charge in [0, 0.05) is 18.5 Å². The van der Waals surface area contributed by atoms with Gasteiger partial charge in [-0.1, -0.05) is 49.3 Å². The average molecular weight is 374 g/mol. The van der Waals surface area contributed by atoms with Crippen molar-refractivity contribution in [2.24, 2.45) is 7.05 Å². The summed E-state index contributed by atoms with van der Waals surface area (Å²) in [5.74, 6) is -0.795. The van der Waals surface area contributed by atoms with E-state index in [1.807, 2.05) is 18.6 Å². The number of imidazole rings is 1. The fourth-order valence-corrected chi connectivity index (χ4v) is 4.04. The first-order valence-electron chi connectivity index (χ1n) is 6.72. The fraction of sp³-hybridized carbons (Fsp3) is 0.286. The molecule has 1 heterocycles. The number of nitrogens with one attached hydrogen (secondary N) is 1. The van der Waals surface area contributed by atoms with E-state index in [-0.39, 0.29) is 15.6 Å². The second-order valence-corrected chi connectivity index (χ2v) is 8.65. The lowest BCUT2D eigenvalue weighted by Crippen LogP contribution is -2.31. The number of hydrogen-bond donors (Lipinski definition) is 1. The van der Waals surface area contributed by atoms with E-state index in [1.165, 1.54) is 36.2 Å². The van der Waals surface area contributed by atoms with Crippen molar-refractivity contribution in [2.75, 3.05) is 0 Å². The van der Waals surface area contributed by atoms with E-state index in [0.717, 1.165) is 0 Å². The number of benzene rings is 1. The molecule has 2 aromatic rings. The van der Waals surface area contributed by atoms with Crippen molar-refractivity contribution in [1.29, 1.82) is 0 Å². The van der Waals surface area contributed by atoms with Crippen LogP contribution in [0.25, 0.3) is 0 Å². The van der Waals surface area contributed by atoms with Crippen molar-refractivity contribution >= 4 is 39.3 Å². The molecule has 6 nitrogen and oxygen atoms in total. The van der Waals surface area contributed by atoms with Crippen molar-refractivity contribution in [1.82, 2.24) is 14.3 Å². The number of sulfonamides is 1. The molecule has 0 aliphatic rings. The Labute approximate surface area is 144 Å². The topological polar surface area (TPSA) is 81.1 Å². The Balaban J connectivity index is 2.24. The molecule has 0 fully saturated rings. The van der Waals surface area contributed by atoms with E-state index in [9.17, 15) is 13.2 Å². The Kier molecular flexibility index (Phi) is 5.38. The Morgan fingerprint density at radius 1 is 1.35 bits per heavy atom. The lowest BCUT2D eigenvalue weighted by Gasteiger charge is -2.06. The van der Waals surface area contributed by atoms with Gasteiger partial charge in [-0.05, 0) is 12.1 Å². The van der Waals surface area contributed by atoms with Gasteiger partial charge in [0.15, 0.2) is 5.16 Å². The highest BCUT2D eigenvalue weighted by Gasteiger charge is 2.23. The highest BCUT2D eigenvalue weighted by molar-refractivity contribution is 7.99. The Bertz CT molecular complexity index is 832. The largest absolute Gasteiger partial charge is 0.328 e. The van der Waals surface area contributed by atoms with Gasteiger partial charge in [-0.25, -0.2) is 18.1 Å². The van der Waals surface area contributed by atoms with Crippen molar-refractivity contribution in [2.45, 2.75) is 29.1 Å². The maximum atomic E-state index is 12.3. The molecule has 0 bridgehead atoms. The number of aromatic nitrogens is 2. The predicted molar refractivity (Wildman–Crippen MR) is 90.3 cm³/mol. The van der Waals surface area contributed by atoms with Crippen LogP contribution in [0.5, 0.6) is 0 Å². The minimum atomic E-state index is -4.05. The SMILES string of the molecule is CC(C)Sc1nc(C(=O)NS(=O)(=O)c2ccccc2Cl)cn1C. The summed E-state index contributed by atoms with van der Waals surface area (Å²) in [5.41, 5.74) is 0.0336. The van der Waals surface area contributed by atoms with E-state index in [0.29, 0.717) is 10.4 Å². The molecule has 124 valence electrons. The summed E-state index contributed by atoms with van der Waals surface area (Å²) >= 11 is 7.35. The summed E-state index contributed by atoms with van der Waals surface area (Å²) in [6.07, 6.45) is 1.49. The minimum absolute atomic E-state index is 0.0336. The molecule has 9 heteroatoms. The number of hydrogen-bond acceptors (Lipinski definition) is 5. The van der Waals surface area contributed by atoms with Gasteiger partial charge in [0.25, 0.3) is 15.9 Å². The van der Waals surface area contributed by atoms with Gasteiger partial charge in [-0.15, -0.1) is 0 Å². The predicted octanol–water partition coefficient (Wildman–Crippen LogP) is 2.69. The van der Waals surface area contributed by atoms with Crippen LogP contribution in [0.15, 0.2) is 40.5 Å². The van der Waals surface area contributed by atoms with Crippen LogP contribution in [0.4, 0.5) is 0 Å². The monoisotopic (exact) mass is 373 g/mol. The normalized spacial score (nSPS) is 11.7. The third-order valence-corrected chi connectivity index (χ3v) is 5.65. The molecule has 0 aliphatic carbocycles. The number of carbonyl (C=O) groups is 1. The zero-order valence-electron chi connectivity index (χ0n) is 12.8. The van der Waals surface area contributed by atoms with Gasteiger partial charge in [0.2, 0.25) is 0 Å². The minimum Gasteiger partial charge on any atom is -0.328 e. The van der Waals surface area contributed by atoms with Crippen LogP contribution in [0.1, 0.15) is 24.3 Å². The van der Waals surface area contributed by atoms with Crippen molar-refractivity contribution in [3.8, 4) is 0 Å². The zero-order chi connectivity index (χ0) is 17.2. The number of aryl methyl sites for hydroxylation is 1. The summed E-state index contributed by atoms with van der Waals surface area (Å²) < 4.78 is 28.2. The van der Waals surface area contributed by atoms with Crippen LogP contribution in [-0.2, 0) is 17.1 Å². The number of carbonyl (C=O) groups excluding carboxylic acids is 1. The van der Waals surface area contributed by atoms with Crippen LogP contribution < -0.4 is 4.72 Å². The fourth-order valence-electron chi connectivity index (χ4n) is 1.77. The number of rotatable bonds is 5. The molecule has 0 spiro atoms. The molecule has 1 amide bonds. The number of thioether (sulfide) groups is 1. The molecule has 1 aromatic carbocycles. The average Bonchev–Trinajstić information content (AvgIpc) is 2.79. The molecular formula is C14H16ClN3O3S2. The standard InChI is InChI=1S/C14H16ClN3O3S2/c1-9(2)22-14-16-11(8-18(14)3)13(19)17-23(20,21)12-7-5-4-6-10(12)15/h4-9H,1-3H3,(H,17,19). The van der Waals surface area contributed by atoms with Crippen LogP contribution in [0.2, 0.25) is 5.02 Å². The van der Waals surface area contributed by atoms with Gasteiger partial charge in [0.1, 0.15) is 10.6 Å². The van der Waals surface area contributed by atoms with Crippen LogP contribution in [0.3, 0.4) is 0 Å². The van der Waals surface area contributed by atoms with Crippen LogP contribution in [-0.4, -0.2) is 29.1 Å². The Morgan fingerprint density at radius 2 is 2.00 bits per heavy atom. The molecule has 23 heavy (non-hydrogen) atoms. The summed E-state index contributed by atoms with van der Waals surface area (Å²) in [7, 11) is -2.31. The first-order valence-corrected chi connectivity index (χ1v) is 9.46. The quantitative estimate of drug-likeness (QED) is 0.815. The lowest BCUT2D eigenvalue weighted by atomic mass is 10.4. The molecule has 0 atom stereocenters. The molecule has 0 unspecified atom stereocenters. The third kappa shape index (κ3) is 4.27. The number of halogens is 1. The third-order valence-electron chi connectivity index (χ3n) is 2.76. The van der Waals surface area contributed by atoms with E-state index < -0.39 is 15.9 Å². The molecule has 0 aliphatic heterocycles. The van der Waals surface area contributed by atoms with Gasteiger partial charge < -0.3 is 4.57 Å².